The molecule has 126 valence electrons. The van der Waals surface area contributed by atoms with E-state index in [1.165, 1.54) is 25.5 Å². The van der Waals surface area contributed by atoms with Crippen molar-refractivity contribution in [3.05, 3.63) is 52.0 Å². The Morgan fingerprint density at radius 1 is 1.25 bits per heavy atom. The van der Waals surface area contributed by atoms with Crippen LogP contribution >= 0.6 is 23.2 Å². The summed E-state index contributed by atoms with van der Waals surface area (Å²) in [5.74, 6) is 0.216. The number of amides is 1. The molecule has 2 rings (SSSR count). The van der Waals surface area contributed by atoms with Crippen molar-refractivity contribution in [3.63, 3.8) is 0 Å². The fraction of sp³-hybridized carbons (Fsp3) is 0.125. The number of rotatable bonds is 6. The van der Waals surface area contributed by atoms with E-state index in [2.05, 4.69) is 10.5 Å². The van der Waals surface area contributed by atoms with Crippen molar-refractivity contribution in [1.82, 2.24) is 5.43 Å². The molecule has 0 unspecified atom stereocenters. The Bertz CT molecular complexity index is 766. The minimum atomic E-state index is -0.463. The van der Waals surface area contributed by atoms with Crippen molar-refractivity contribution >= 4 is 35.3 Å². The Balaban J connectivity index is 1.85. The molecule has 0 saturated carbocycles. The molecule has 0 radical (unpaired) electrons. The normalized spacial score (nSPS) is 10.6. The first-order valence-corrected chi connectivity index (χ1v) is 7.52. The minimum absolute atomic E-state index is 0.0199. The molecule has 1 amide bonds. The molecule has 0 spiro atoms. The summed E-state index contributed by atoms with van der Waals surface area (Å²) in [7, 11) is 1.45. The Labute approximate surface area is 148 Å². The number of carbonyl (C=O) groups is 1. The SMILES string of the molecule is COc1ccc(C=NNC(=O)COc2ccc(Cl)cc2Cl)cc1O. The van der Waals surface area contributed by atoms with Crippen molar-refractivity contribution < 1.29 is 19.4 Å². The molecule has 2 aromatic carbocycles. The van der Waals surface area contributed by atoms with Gasteiger partial charge in [0.2, 0.25) is 0 Å². The lowest BCUT2D eigenvalue weighted by Gasteiger charge is -2.07. The highest BCUT2D eigenvalue weighted by Gasteiger charge is 2.06. The molecule has 0 aliphatic heterocycles. The van der Waals surface area contributed by atoms with Crippen LogP contribution in [0.1, 0.15) is 5.56 Å². The van der Waals surface area contributed by atoms with Crippen molar-refractivity contribution in [2.45, 2.75) is 0 Å². The van der Waals surface area contributed by atoms with Gasteiger partial charge in [-0.15, -0.1) is 0 Å². The zero-order chi connectivity index (χ0) is 17.5. The number of benzene rings is 2. The van der Waals surface area contributed by atoms with Gasteiger partial charge in [-0.05, 0) is 42.0 Å². The van der Waals surface area contributed by atoms with E-state index in [1.54, 1.807) is 24.3 Å². The molecule has 0 aliphatic rings. The lowest BCUT2D eigenvalue weighted by molar-refractivity contribution is -0.123. The number of ether oxygens (including phenoxy) is 2. The molecular formula is C16H14Cl2N2O4. The minimum Gasteiger partial charge on any atom is -0.504 e. The van der Waals surface area contributed by atoms with Crippen LogP contribution in [0, 0.1) is 0 Å². The second-order valence-corrected chi connectivity index (χ2v) is 5.43. The van der Waals surface area contributed by atoms with Crippen molar-refractivity contribution in [3.8, 4) is 17.2 Å². The lowest BCUT2D eigenvalue weighted by atomic mass is 10.2. The molecule has 2 aromatic rings. The molecule has 0 aliphatic carbocycles. The van der Waals surface area contributed by atoms with Gasteiger partial charge in [-0.2, -0.15) is 5.10 Å². The maximum Gasteiger partial charge on any atom is 0.277 e. The zero-order valence-electron chi connectivity index (χ0n) is 12.6. The summed E-state index contributed by atoms with van der Waals surface area (Å²) in [5.41, 5.74) is 2.90. The zero-order valence-corrected chi connectivity index (χ0v) is 14.1. The summed E-state index contributed by atoms with van der Waals surface area (Å²) in [6.45, 7) is -0.257. The van der Waals surface area contributed by atoms with Crippen LogP contribution in [0.15, 0.2) is 41.5 Å². The van der Waals surface area contributed by atoms with E-state index < -0.39 is 5.91 Å². The Morgan fingerprint density at radius 2 is 2.00 bits per heavy atom. The summed E-state index contributed by atoms with van der Waals surface area (Å²) in [6, 6.07) is 9.42. The van der Waals surface area contributed by atoms with Crippen molar-refractivity contribution in [1.29, 1.82) is 0 Å². The third-order valence-electron chi connectivity index (χ3n) is 2.86. The second-order valence-electron chi connectivity index (χ2n) is 4.59. The summed E-state index contributed by atoms with van der Waals surface area (Å²) in [4.78, 5) is 11.7. The van der Waals surface area contributed by atoms with Gasteiger partial charge in [-0.1, -0.05) is 23.2 Å². The van der Waals surface area contributed by atoms with Crippen LogP contribution in [0.5, 0.6) is 17.2 Å². The average Bonchev–Trinajstić information content (AvgIpc) is 2.54. The molecule has 0 bridgehead atoms. The van der Waals surface area contributed by atoms with E-state index >= 15 is 0 Å². The first-order chi connectivity index (χ1) is 11.5. The Kier molecular flexibility index (Phi) is 6.28. The van der Waals surface area contributed by atoms with Crippen LogP contribution < -0.4 is 14.9 Å². The molecule has 0 atom stereocenters. The predicted octanol–water partition coefficient (Wildman–Crippen LogP) is 3.24. The fourth-order valence-electron chi connectivity index (χ4n) is 1.73. The molecule has 8 heteroatoms. The van der Waals surface area contributed by atoms with Crippen molar-refractivity contribution in [2.24, 2.45) is 5.10 Å². The molecule has 0 fully saturated rings. The van der Waals surface area contributed by atoms with Gasteiger partial charge in [-0.25, -0.2) is 5.43 Å². The number of phenolic OH excluding ortho intramolecular Hbond substituents is 1. The van der Waals surface area contributed by atoms with E-state index in [9.17, 15) is 9.90 Å². The van der Waals surface area contributed by atoms with E-state index in [1.807, 2.05) is 0 Å². The van der Waals surface area contributed by atoms with Crippen LogP contribution in [-0.2, 0) is 4.79 Å². The maximum absolute atomic E-state index is 11.7. The largest absolute Gasteiger partial charge is 0.504 e. The summed E-state index contributed by atoms with van der Waals surface area (Å²) < 4.78 is 10.2. The Hall–Kier alpha value is -2.44. The van der Waals surface area contributed by atoms with Gasteiger partial charge in [-0.3, -0.25) is 4.79 Å². The number of halogens is 2. The maximum atomic E-state index is 11.7. The standard InChI is InChI=1S/C16H14Cl2N2O4/c1-23-15-4-2-10(6-13(15)21)8-19-20-16(22)9-24-14-5-3-11(17)7-12(14)18/h2-8,21H,9H2,1H3,(H,20,22). The topological polar surface area (TPSA) is 80.2 Å². The Morgan fingerprint density at radius 3 is 2.67 bits per heavy atom. The summed E-state index contributed by atoms with van der Waals surface area (Å²) in [5, 5.41) is 14.2. The molecular weight excluding hydrogens is 355 g/mol. The van der Waals surface area contributed by atoms with Crippen LogP contribution in [0.4, 0.5) is 0 Å². The van der Waals surface area contributed by atoms with E-state index in [-0.39, 0.29) is 12.4 Å². The van der Waals surface area contributed by atoms with Crippen LogP contribution in [0.25, 0.3) is 0 Å². The van der Waals surface area contributed by atoms with Gasteiger partial charge in [0.1, 0.15) is 5.75 Å². The van der Waals surface area contributed by atoms with Gasteiger partial charge >= 0.3 is 0 Å². The first-order valence-electron chi connectivity index (χ1n) is 6.76. The quantitative estimate of drug-likeness (QED) is 0.605. The first kappa shape index (κ1) is 17.9. The predicted molar refractivity (Wildman–Crippen MR) is 92.4 cm³/mol. The third kappa shape index (κ3) is 5.04. The number of phenols is 1. The second kappa shape index (κ2) is 8.42. The smallest absolute Gasteiger partial charge is 0.277 e. The highest BCUT2D eigenvalue weighted by Crippen LogP contribution is 2.27. The monoisotopic (exact) mass is 368 g/mol. The highest BCUT2D eigenvalue weighted by molar-refractivity contribution is 6.35. The number of hydrazone groups is 1. The van der Waals surface area contributed by atoms with Crippen LogP contribution in [-0.4, -0.2) is 30.9 Å². The number of hydrogen-bond acceptors (Lipinski definition) is 5. The molecule has 24 heavy (non-hydrogen) atoms. The third-order valence-corrected chi connectivity index (χ3v) is 3.39. The van der Waals surface area contributed by atoms with Gasteiger partial charge < -0.3 is 14.6 Å². The highest BCUT2D eigenvalue weighted by atomic mass is 35.5. The van der Waals surface area contributed by atoms with Gasteiger partial charge in [0.25, 0.3) is 5.91 Å². The summed E-state index contributed by atoms with van der Waals surface area (Å²) in [6.07, 6.45) is 1.38. The molecule has 0 saturated heterocycles. The number of nitrogens with zero attached hydrogens (tertiary/aromatic N) is 1. The van der Waals surface area contributed by atoms with Gasteiger partial charge in [0, 0.05) is 5.02 Å². The lowest BCUT2D eigenvalue weighted by Crippen LogP contribution is -2.24. The van der Waals surface area contributed by atoms with Gasteiger partial charge in [0.05, 0.1) is 18.3 Å². The van der Waals surface area contributed by atoms with E-state index in [0.29, 0.717) is 27.1 Å². The average molecular weight is 369 g/mol. The number of methoxy groups -OCH3 is 1. The van der Waals surface area contributed by atoms with E-state index in [0.717, 1.165) is 0 Å². The molecule has 2 N–H and O–H groups in total. The molecule has 0 aromatic heterocycles. The molecule has 0 heterocycles. The number of hydrogen-bond donors (Lipinski definition) is 2. The van der Waals surface area contributed by atoms with Crippen molar-refractivity contribution in [2.75, 3.05) is 13.7 Å². The van der Waals surface area contributed by atoms with E-state index in [4.69, 9.17) is 32.7 Å². The summed E-state index contributed by atoms with van der Waals surface area (Å²) >= 11 is 11.7. The molecule has 6 nitrogen and oxygen atoms in total. The van der Waals surface area contributed by atoms with Crippen LogP contribution in [0.2, 0.25) is 10.0 Å². The van der Waals surface area contributed by atoms with Crippen LogP contribution in [0.3, 0.4) is 0 Å². The number of nitrogens with one attached hydrogen (secondary N) is 1. The fourth-order valence-corrected chi connectivity index (χ4v) is 2.20. The number of carbonyl (C=O) groups excluding carboxylic acids is 1. The number of aromatic hydroxyl groups is 1. The van der Waals surface area contributed by atoms with Gasteiger partial charge in [0.15, 0.2) is 18.1 Å².